The van der Waals surface area contributed by atoms with Crippen molar-refractivity contribution in [1.82, 2.24) is 4.72 Å². The van der Waals surface area contributed by atoms with Gasteiger partial charge in [0.1, 0.15) is 6.04 Å². The van der Waals surface area contributed by atoms with Crippen LogP contribution in [0.1, 0.15) is 6.92 Å². The van der Waals surface area contributed by atoms with Crippen molar-refractivity contribution in [3.8, 4) is 0 Å². The monoisotopic (exact) mass is 187 g/mol. The van der Waals surface area contributed by atoms with Crippen molar-refractivity contribution in [2.24, 2.45) is 0 Å². The summed E-state index contributed by atoms with van der Waals surface area (Å²) < 4.78 is 21.9. The van der Waals surface area contributed by atoms with Gasteiger partial charge in [0.15, 0.2) is 0 Å². The highest BCUT2D eigenvalue weighted by Crippen LogP contribution is 1.92. The summed E-state index contributed by atoms with van der Waals surface area (Å²) in [4.78, 5) is 9.99. The minimum Gasteiger partial charge on any atom is -0.480 e. The number of halogens is 1. The van der Waals surface area contributed by atoms with E-state index in [9.17, 15) is 13.2 Å². The van der Waals surface area contributed by atoms with Crippen molar-refractivity contribution in [2.75, 3.05) is 0 Å². The summed E-state index contributed by atoms with van der Waals surface area (Å²) in [6.07, 6.45) is 0. The van der Waals surface area contributed by atoms with Gasteiger partial charge in [0.25, 0.3) is 9.24 Å². The van der Waals surface area contributed by atoms with Gasteiger partial charge in [0.2, 0.25) is 0 Å². The molecule has 0 saturated carbocycles. The Morgan fingerprint density at radius 3 is 2.20 bits per heavy atom. The van der Waals surface area contributed by atoms with Crippen molar-refractivity contribution < 1.29 is 18.3 Å². The fourth-order valence-electron chi connectivity index (χ4n) is 0.262. The molecule has 0 aliphatic heterocycles. The molecule has 0 rings (SSSR count). The minimum absolute atomic E-state index is 1.17. The van der Waals surface area contributed by atoms with Gasteiger partial charge >= 0.3 is 5.97 Å². The van der Waals surface area contributed by atoms with Crippen LogP contribution in [0.3, 0.4) is 0 Å². The summed E-state index contributed by atoms with van der Waals surface area (Å²) >= 11 is 0. The molecule has 60 valence electrons. The zero-order chi connectivity index (χ0) is 8.36. The van der Waals surface area contributed by atoms with E-state index >= 15 is 0 Å². The van der Waals surface area contributed by atoms with E-state index in [-0.39, 0.29) is 0 Å². The molecule has 0 aliphatic carbocycles. The Balaban J connectivity index is 4.06. The molecular formula is C3H6ClNO4S. The molecule has 7 heteroatoms. The highest BCUT2D eigenvalue weighted by atomic mass is 35.7. The van der Waals surface area contributed by atoms with Crippen molar-refractivity contribution >= 4 is 25.9 Å². The van der Waals surface area contributed by atoms with Gasteiger partial charge in [0, 0.05) is 10.7 Å². The largest absolute Gasteiger partial charge is 0.480 e. The average molecular weight is 188 g/mol. The van der Waals surface area contributed by atoms with Crippen molar-refractivity contribution in [2.45, 2.75) is 13.0 Å². The maximum Gasteiger partial charge on any atom is 0.321 e. The first-order valence-electron chi connectivity index (χ1n) is 2.27. The first-order valence-corrected chi connectivity index (χ1v) is 4.58. The zero-order valence-corrected chi connectivity index (χ0v) is 6.61. The number of aliphatic carboxylic acids is 1. The second-order valence-corrected chi connectivity index (χ2v) is 3.95. The molecule has 0 aliphatic rings. The molecule has 10 heavy (non-hydrogen) atoms. The molecule has 0 aromatic heterocycles. The quantitative estimate of drug-likeness (QED) is 0.586. The van der Waals surface area contributed by atoms with Crippen LogP contribution < -0.4 is 4.72 Å². The molecular weight excluding hydrogens is 182 g/mol. The van der Waals surface area contributed by atoms with Gasteiger partial charge in [-0.3, -0.25) is 4.79 Å². The standard InChI is InChI=1S/C3H6ClNO4S/c1-2(3(6)7)5-10(4,8)9/h2,5H,1H3,(H,6,7). The Kier molecular flexibility index (Phi) is 3.07. The summed E-state index contributed by atoms with van der Waals surface area (Å²) in [6.45, 7) is 1.17. The van der Waals surface area contributed by atoms with Crippen LogP contribution in [0.4, 0.5) is 0 Å². The smallest absolute Gasteiger partial charge is 0.321 e. The number of carboxylic acids is 1. The van der Waals surface area contributed by atoms with Crippen molar-refractivity contribution in [1.29, 1.82) is 0 Å². The van der Waals surface area contributed by atoms with Crippen LogP contribution in [0.2, 0.25) is 0 Å². The van der Waals surface area contributed by atoms with Crippen molar-refractivity contribution in [3.63, 3.8) is 0 Å². The first-order chi connectivity index (χ1) is 4.33. The molecule has 2 N–H and O–H groups in total. The molecule has 0 saturated heterocycles. The fraction of sp³-hybridized carbons (Fsp3) is 0.667. The maximum absolute atomic E-state index is 10.1. The second-order valence-electron chi connectivity index (χ2n) is 1.62. The lowest BCUT2D eigenvalue weighted by atomic mass is 10.4. The molecule has 0 aromatic rings. The second kappa shape index (κ2) is 3.18. The SMILES string of the molecule is CC(NS(=O)(=O)Cl)C(=O)O. The summed E-state index contributed by atoms with van der Waals surface area (Å²) in [6, 6.07) is -1.19. The Bertz CT molecular complexity index is 223. The molecule has 1 unspecified atom stereocenters. The van der Waals surface area contributed by atoms with Gasteiger partial charge < -0.3 is 5.11 Å². The summed E-state index contributed by atoms with van der Waals surface area (Å²) in [5.41, 5.74) is 0. The average Bonchev–Trinajstić information content (AvgIpc) is 1.60. The zero-order valence-electron chi connectivity index (χ0n) is 5.04. The lowest BCUT2D eigenvalue weighted by Crippen LogP contribution is -2.35. The predicted octanol–water partition coefficient (Wildman–Crippen LogP) is -0.467. The van der Waals surface area contributed by atoms with E-state index in [1.807, 2.05) is 0 Å². The van der Waals surface area contributed by atoms with E-state index < -0.39 is 21.2 Å². The normalized spacial score (nSPS) is 14.6. The molecule has 0 bridgehead atoms. The molecule has 0 amide bonds. The van der Waals surface area contributed by atoms with Crippen LogP contribution in [0.25, 0.3) is 0 Å². The predicted molar refractivity (Wildman–Crippen MR) is 35.0 cm³/mol. The van der Waals surface area contributed by atoms with E-state index in [1.54, 1.807) is 4.72 Å². The van der Waals surface area contributed by atoms with Crippen LogP contribution in [-0.4, -0.2) is 25.5 Å². The highest BCUT2D eigenvalue weighted by molar-refractivity contribution is 8.12. The Hall–Kier alpha value is -0.330. The summed E-state index contributed by atoms with van der Waals surface area (Å²) in [5.74, 6) is -1.27. The molecule has 0 heterocycles. The van der Waals surface area contributed by atoms with Gasteiger partial charge in [-0.15, -0.1) is 0 Å². The van der Waals surface area contributed by atoms with Gasteiger partial charge in [0.05, 0.1) is 0 Å². The minimum atomic E-state index is -3.93. The lowest BCUT2D eigenvalue weighted by Gasteiger charge is -2.03. The molecule has 0 radical (unpaired) electrons. The third-order valence-corrected chi connectivity index (χ3v) is 1.59. The van der Waals surface area contributed by atoms with Crippen molar-refractivity contribution in [3.05, 3.63) is 0 Å². The van der Waals surface area contributed by atoms with E-state index in [0.29, 0.717) is 0 Å². The van der Waals surface area contributed by atoms with Gasteiger partial charge in [-0.05, 0) is 6.92 Å². The molecule has 0 aromatic carbocycles. The van der Waals surface area contributed by atoms with E-state index in [2.05, 4.69) is 10.7 Å². The highest BCUT2D eigenvalue weighted by Gasteiger charge is 2.16. The number of nitrogens with one attached hydrogen (secondary N) is 1. The number of hydrogen-bond donors (Lipinski definition) is 2. The Labute approximate surface area is 62.5 Å². The van der Waals surface area contributed by atoms with Gasteiger partial charge in [-0.25, -0.2) is 0 Å². The number of rotatable bonds is 3. The number of hydrogen-bond acceptors (Lipinski definition) is 3. The van der Waals surface area contributed by atoms with E-state index in [1.165, 1.54) is 6.92 Å². The topological polar surface area (TPSA) is 83.5 Å². The first kappa shape index (κ1) is 9.67. The Morgan fingerprint density at radius 2 is 2.10 bits per heavy atom. The summed E-state index contributed by atoms with van der Waals surface area (Å²) in [7, 11) is 0.743. The van der Waals surface area contributed by atoms with Crippen LogP contribution in [-0.2, 0) is 14.0 Å². The number of carbonyl (C=O) groups is 1. The third-order valence-electron chi connectivity index (χ3n) is 0.688. The van der Waals surface area contributed by atoms with E-state index in [0.717, 1.165) is 0 Å². The number of carboxylic acid groups (broad SMARTS) is 1. The third kappa shape index (κ3) is 4.54. The van der Waals surface area contributed by atoms with Gasteiger partial charge in [-0.2, -0.15) is 13.1 Å². The fourth-order valence-corrected chi connectivity index (χ4v) is 1.19. The van der Waals surface area contributed by atoms with Crippen LogP contribution in [0.5, 0.6) is 0 Å². The van der Waals surface area contributed by atoms with Gasteiger partial charge in [-0.1, -0.05) is 0 Å². The summed E-state index contributed by atoms with van der Waals surface area (Å²) in [5, 5.41) is 8.16. The molecule has 0 fully saturated rings. The van der Waals surface area contributed by atoms with Crippen LogP contribution in [0, 0.1) is 0 Å². The lowest BCUT2D eigenvalue weighted by molar-refractivity contribution is -0.138. The molecule has 0 spiro atoms. The molecule has 5 nitrogen and oxygen atoms in total. The van der Waals surface area contributed by atoms with Crippen LogP contribution >= 0.6 is 10.7 Å². The van der Waals surface area contributed by atoms with Crippen LogP contribution in [0.15, 0.2) is 0 Å². The molecule has 1 atom stereocenters. The van der Waals surface area contributed by atoms with E-state index in [4.69, 9.17) is 5.11 Å². The Morgan fingerprint density at radius 1 is 1.70 bits per heavy atom. The maximum atomic E-state index is 10.1.